The molecule has 3 N–H and O–H groups in total. The molecule has 0 saturated carbocycles. The van der Waals surface area contributed by atoms with Gasteiger partial charge in [-0.25, -0.2) is 4.98 Å². The lowest BCUT2D eigenvalue weighted by Gasteiger charge is -2.36. The van der Waals surface area contributed by atoms with Crippen molar-refractivity contribution in [3.8, 4) is 0 Å². The van der Waals surface area contributed by atoms with Gasteiger partial charge in [-0.15, -0.1) is 0 Å². The minimum absolute atomic E-state index is 0.0504. The van der Waals surface area contributed by atoms with Crippen molar-refractivity contribution in [1.29, 1.82) is 0 Å². The number of nitrogens with zero attached hydrogens (tertiary/aromatic N) is 2. The van der Waals surface area contributed by atoms with E-state index in [1.165, 1.54) is 0 Å². The third-order valence-electron chi connectivity index (χ3n) is 5.42. The fourth-order valence-electron chi connectivity index (χ4n) is 3.55. The van der Waals surface area contributed by atoms with Gasteiger partial charge in [0, 0.05) is 50.4 Å². The largest absolute Gasteiger partial charge is 0.381 e. The van der Waals surface area contributed by atoms with Crippen LogP contribution in [0.5, 0.6) is 0 Å². The maximum Gasteiger partial charge on any atom is 0.227 e. The van der Waals surface area contributed by atoms with Crippen molar-refractivity contribution in [3.63, 3.8) is 0 Å². The first-order valence-corrected chi connectivity index (χ1v) is 8.99. The number of aromatic nitrogens is 2. The first kappa shape index (κ1) is 17.4. The van der Waals surface area contributed by atoms with Gasteiger partial charge in [0.25, 0.3) is 0 Å². The average molecular weight is 334 g/mol. The molecule has 6 heteroatoms. The van der Waals surface area contributed by atoms with E-state index in [0.29, 0.717) is 32.6 Å². The first-order valence-electron chi connectivity index (χ1n) is 8.99. The van der Waals surface area contributed by atoms with Gasteiger partial charge in [-0.1, -0.05) is 20.8 Å². The molecule has 1 saturated heterocycles. The van der Waals surface area contributed by atoms with Gasteiger partial charge in [0.15, 0.2) is 0 Å². The normalized spacial score (nSPS) is 23.6. The lowest BCUT2D eigenvalue weighted by molar-refractivity contribution is -0.136. The summed E-state index contributed by atoms with van der Waals surface area (Å²) in [4.78, 5) is 17.6. The smallest absolute Gasteiger partial charge is 0.227 e. The molecular weight excluding hydrogens is 304 g/mol. The number of hydrogen-bond acceptors (Lipinski definition) is 4. The molecule has 0 bridgehead atoms. The molecular formula is C18H30N4O2. The second-order valence-corrected chi connectivity index (χ2v) is 8.25. The van der Waals surface area contributed by atoms with Crippen LogP contribution in [0.4, 0.5) is 0 Å². The Labute approximate surface area is 144 Å². The SMILES string of the molecule is CC(C)(C)c1cn2c(n1)CCC(NC(=O)C1(CN)CCOCC1)C2. The van der Waals surface area contributed by atoms with Crippen LogP contribution < -0.4 is 11.1 Å². The predicted molar refractivity (Wildman–Crippen MR) is 92.7 cm³/mol. The molecule has 0 radical (unpaired) electrons. The van der Waals surface area contributed by atoms with E-state index in [-0.39, 0.29) is 17.4 Å². The maximum atomic E-state index is 12.8. The third-order valence-corrected chi connectivity index (χ3v) is 5.42. The number of aryl methyl sites for hydroxylation is 1. The number of carbonyl (C=O) groups excluding carboxylic acids is 1. The van der Waals surface area contributed by atoms with Gasteiger partial charge in [0.2, 0.25) is 5.91 Å². The Morgan fingerprint density at radius 2 is 2.17 bits per heavy atom. The van der Waals surface area contributed by atoms with Gasteiger partial charge in [-0.2, -0.15) is 0 Å². The zero-order valence-corrected chi connectivity index (χ0v) is 15.1. The second-order valence-electron chi connectivity index (χ2n) is 8.25. The Morgan fingerprint density at radius 1 is 1.46 bits per heavy atom. The van der Waals surface area contributed by atoms with E-state index in [1.807, 2.05) is 0 Å². The highest BCUT2D eigenvalue weighted by molar-refractivity contribution is 5.83. The Kier molecular flexibility index (Phi) is 4.71. The molecule has 3 rings (SSSR count). The summed E-state index contributed by atoms with van der Waals surface area (Å²) in [6.45, 7) is 8.96. The Balaban J connectivity index is 1.67. The van der Waals surface area contributed by atoms with Crippen molar-refractivity contribution in [2.75, 3.05) is 19.8 Å². The summed E-state index contributed by atoms with van der Waals surface area (Å²) in [6, 6.07) is 0.151. The van der Waals surface area contributed by atoms with Crippen LogP contribution in [-0.2, 0) is 27.9 Å². The quantitative estimate of drug-likeness (QED) is 0.874. The van der Waals surface area contributed by atoms with Crippen molar-refractivity contribution >= 4 is 5.91 Å². The maximum absolute atomic E-state index is 12.8. The molecule has 1 amide bonds. The second kappa shape index (κ2) is 6.48. The number of nitrogens with one attached hydrogen (secondary N) is 1. The number of imidazole rings is 1. The summed E-state index contributed by atoms with van der Waals surface area (Å²) in [6.07, 6.45) is 5.41. The van der Waals surface area contributed by atoms with Crippen LogP contribution in [-0.4, -0.2) is 41.3 Å². The Hall–Kier alpha value is -1.40. The van der Waals surface area contributed by atoms with E-state index in [0.717, 1.165) is 30.9 Å². The van der Waals surface area contributed by atoms with Gasteiger partial charge in [0.1, 0.15) is 5.82 Å². The monoisotopic (exact) mass is 334 g/mol. The lowest BCUT2D eigenvalue weighted by atomic mass is 9.79. The molecule has 3 heterocycles. The number of nitrogens with two attached hydrogens (primary N) is 1. The number of fused-ring (bicyclic) bond motifs is 1. The molecule has 1 fully saturated rings. The number of ether oxygens (including phenoxy) is 1. The van der Waals surface area contributed by atoms with Crippen molar-refractivity contribution in [2.45, 2.75) is 64.5 Å². The average Bonchev–Trinajstić information content (AvgIpc) is 2.99. The molecule has 2 aliphatic rings. The van der Waals surface area contributed by atoms with E-state index in [9.17, 15) is 4.79 Å². The minimum Gasteiger partial charge on any atom is -0.381 e. The Bertz CT molecular complexity index is 597. The van der Waals surface area contributed by atoms with Crippen LogP contribution in [0.15, 0.2) is 6.20 Å². The first-order chi connectivity index (χ1) is 11.3. The molecule has 0 aliphatic carbocycles. The van der Waals surface area contributed by atoms with Crippen LogP contribution in [0.1, 0.15) is 51.6 Å². The fourth-order valence-corrected chi connectivity index (χ4v) is 3.55. The van der Waals surface area contributed by atoms with Crippen LogP contribution in [0, 0.1) is 5.41 Å². The predicted octanol–water partition coefficient (Wildman–Crippen LogP) is 1.37. The molecule has 0 aromatic carbocycles. The van der Waals surface area contributed by atoms with E-state index in [2.05, 4.69) is 36.9 Å². The molecule has 0 spiro atoms. The zero-order valence-electron chi connectivity index (χ0n) is 15.1. The van der Waals surface area contributed by atoms with Gasteiger partial charge in [-0.3, -0.25) is 4.79 Å². The summed E-state index contributed by atoms with van der Waals surface area (Å²) in [5.41, 5.74) is 6.65. The Morgan fingerprint density at radius 3 is 2.79 bits per heavy atom. The van der Waals surface area contributed by atoms with Crippen molar-refractivity contribution in [2.24, 2.45) is 11.1 Å². The standard InChI is InChI=1S/C18H30N4O2/c1-17(2,3)14-11-22-10-13(4-5-15(22)21-14)20-16(23)18(12-19)6-8-24-9-7-18/h11,13H,4-10,12,19H2,1-3H3,(H,20,23). The highest BCUT2D eigenvalue weighted by Crippen LogP contribution is 2.30. The van der Waals surface area contributed by atoms with E-state index in [1.54, 1.807) is 0 Å². The fraction of sp³-hybridized carbons (Fsp3) is 0.778. The van der Waals surface area contributed by atoms with Gasteiger partial charge < -0.3 is 20.4 Å². The molecule has 134 valence electrons. The van der Waals surface area contributed by atoms with E-state index >= 15 is 0 Å². The molecule has 1 aromatic heterocycles. The van der Waals surface area contributed by atoms with Crippen molar-refractivity contribution in [3.05, 3.63) is 17.7 Å². The molecule has 6 nitrogen and oxygen atoms in total. The number of hydrogen-bond donors (Lipinski definition) is 2. The number of rotatable bonds is 3. The van der Waals surface area contributed by atoms with Crippen LogP contribution in [0.25, 0.3) is 0 Å². The number of carbonyl (C=O) groups is 1. The molecule has 1 aromatic rings. The lowest BCUT2D eigenvalue weighted by Crippen LogP contribution is -2.53. The van der Waals surface area contributed by atoms with Gasteiger partial charge in [0.05, 0.1) is 11.1 Å². The molecule has 24 heavy (non-hydrogen) atoms. The summed E-state index contributed by atoms with van der Waals surface area (Å²) in [5.74, 6) is 1.22. The van der Waals surface area contributed by atoms with Crippen LogP contribution in [0.2, 0.25) is 0 Å². The van der Waals surface area contributed by atoms with Crippen molar-refractivity contribution < 1.29 is 9.53 Å². The number of amides is 1. The topological polar surface area (TPSA) is 82.2 Å². The third kappa shape index (κ3) is 3.35. The van der Waals surface area contributed by atoms with Gasteiger partial charge in [-0.05, 0) is 19.3 Å². The van der Waals surface area contributed by atoms with E-state index < -0.39 is 5.41 Å². The molecule has 1 atom stereocenters. The van der Waals surface area contributed by atoms with E-state index in [4.69, 9.17) is 15.5 Å². The summed E-state index contributed by atoms with van der Waals surface area (Å²) in [5, 5.41) is 3.25. The molecule has 1 unspecified atom stereocenters. The highest BCUT2D eigenvalue weighted by atomic mass is 16.5. The molecule has 2 aliphatic heterocycles. The summed E-state index contributed by atoms with van der Waals surface area (Å²) in [7, 11) is 0. The summed E-state index contributed by atoms with van der Waals surface area (Å²) >= 11 is 0. The van der Waals surface area contributed by atoms with Crippen molar-refractivity contribution in [1.82, 2.24) is 14.9 Å². The highest BCUT2D eigenvalue weighted by Gasteiger charge is 2.40. The van der Waals surface area contributed by atoms with Gasteiger partial charge >= 0.3 is 0 Å². The van der Waals surface area contributed by atoms with Crippen LogP contribution >= 0.6 is 0 Å². The summed E-state index contributed by atoms with van der Waals surface area (Å²) < 4.78 is 7.60. The van der Waals surface area contributed by atoms with Crippen LogP contribution in [0.3, 0.4) is 0 Å². The minimum atomic E-state index is -0.454. The zero-order chi connectivity index (χ0) is 17.4.